The summed E-state index contributed by atoms with van der Waals surface area (Å²) in [6.45, 7) is 0. The summed E-state index contributed by atoms with van der Waals surface area (Å²) >= 11 is 11.1. The van der Waals surface area contributed by atoms with Gasteiger partial charge in [0.1, 0.15) is 5.57 Å². The summed E-state index contributed by atoms with van der Waals surface area (Å²) in [7, 11) is 1.21. The van der Waals surface area contributed by atoms with Crippen LogP contribution >= 0.6 is 23.2 Å². The standard InChI is InChI=1S/C12H10Cl2O3/c1-17-12(16)10(11(15)7-13)6-8-2-4-9(14)5-3-8/h2-6H,7H2,1H3. The van der Waals surface area contributed by atoms with Crippen molar-refractivity contribution >= 4 is 41.0 Å². The second-order valence-electron chi connectivity index (χ2n) is 3.16. The molecule has 0 aliphatic rings. The van der Waals surface area contributed by atoms with Crippen LogP contribution in [0, 0.1) is 0 Å². The Morgan fingerprint density at radius 2 is 1.88 bits per heavy atom. The number of rotatable bonds is 4. The molecule has 0 bridgehead atoms. The van der Waals surface area contributed by atoms with E-state index in [1.165, 1.54) is 13.2 Å². The maximum Gasteiger partial charge on any atom is 0.341 e. The average molecular weight is 273 g/mol. The second kappa shape index (κ2) is 6.42. The predicted octanol–water partition coefficient (Wildman–Crippen LogP) is 2.70. The molecule has 0 saturated carbocycles. The fraction of sp³-hybridized carbons (Fsp3) is 0.167. The van der Waals surface area contributed by atoms with Gasteiger partial charge in [-0.1, -0.05) is 23.7 Å². The Kier molecular flexibility index (Phi) is 5.19. The minimum absolute atomic E-state index is 0.0789. The molecule has 0 saturated heterocycles. The number of ketones is 1. The number of Topliss-reactive ketones (excluding diaryl/α,β-unsaturated/α-hetero) is 1. The fourth-order valence-electron chi connectivity index (χ4n) is 1.16. The number of esters is 1. The molecule has 0 aliphatic heterocycles. The Morgan fingerprint density at radius 1 is 1.29 bits per heavy atom. The predicted molar refractivity (Wildman–Crippen MR) is 67.2 cm³/mol. The van der Waals surface area contributed by atoms with E-state index in [0.717, 1.165) is 0 Å². The van der Waals surface area contributed by atoms with Crippen LogP contribution in [0.1, 0.15) is 5.56 Å². The van der Waals surface area contributed by atoms with Gasteiger partial charge in [-0.3, -0.25) is 4.79 Å². The van der Waals surface area contributed by atoms with Crippen molar-refractivity contribution < 1.29 is 14.3 Å². The van der Waals surface area contributed by atoms with Crippen LogP contribution in [0.15, 0.2) is 29.8 Å². The summed E-state index contributed by atoms with van der Waals surface area (Å²) in [5, 5.41) is 0.574. The fourth-order valence-corrected chi connectivity index (χ4v) is 1.43. The van der Waals surface area contributed by atoms with Crippen molar-refractivity contribution in [3.05, 3.63) is 40.4 Å². The Bertz CT molecular complexity index is 431. The summed E-state index contributed by atoms with van der Waals surface area (Å²) in [5.41, 5.74) is 0.595. The zero-order chi connectivity index (χ0) is 12.8. The van der Waals surface area contributed by atoms with Crippen molar-refractivity contribution in [2.24, 2.45) is 0 Å². The van der Waals surface area contributed by atoms with Crippen molar-refractivity contribution in [1.29, 1.82) is 0 Å². The third-order valence-electron chi connectivity index (χ3n) is 2.01. The van der Waals surface area contributed by atoms with Crippen molar-refractivity contribution in [1.82, 2.24) is 0 Å². The lowest BCUT2D eigenvalue weighted by molar-refractivity contribution is -0.137. The third kappa shape index (κ3) is 3.88. The zero-order valence-corrected chi connectivity index (χ0v) is 10.6. The molecule has 1 aromatic carbocycles. The minimum Gasteiger partial charge on any atom is -0.465 e. The molecule has 1 aromatic rings. The molecule has 0 aliphatic carbocycles. The second-order valence-corrected chi connectivity index (χ2v) is 3.86. The quantitative estimate of drug-likeness (QED) is 0.278. The Balaban J connectivity index is 3.09. The van der Waals surface area contributed by atoms with E-state index < -0.39 is 11.8 Å². The highest BCUT2D eigenvalue weighted by atomic mass is 35.5. The average Bonchev–Trinajstić information content (AvgIpc) is 2.36. The largest absolute Gasteiger partial charge is 0.465 e. The molecule has 1 rings (SSSR count). The first-order valence-corrected chi connectivity index (χ1v) is 5.64. The van der Waals surface area contributed by atoms with Gasteiger partial charge >= 0.3 is 5.97 Å². The molecule has 0 N–H and O–H groups in total. The number of benzene rings is 1. The number of hydrogen-bond donors (Lipinski definition) is 0. The minimum atomic E-state index is -0.703. The third-order valence-corrected chi connectivity index (χ3v) is 2.50. The highest BCUT2D eigenvalue weighted by molar-refractivity contribution is 6.35. The van der Waals surface area contributed by atoms with Crippen molar-refractivity contribution in [3.8, 4) is 0 Å². The molecule has 3 nitrogen and oxygen atoms in total. The molecule has 0 spiro atoms. The highest BCUT2D eigenvalue weighted by Gasteiger charge is 2.17. The van der Waals surface area contributed by atoms with Gasteiger partial charge in [0.2, 0.25) is 0 Å². The molecular formula is C12H10Cl2O3. The summed E-state index contributed by atoms with van der Waals surface area (Å²) < 4.78 is 4.52. The van der Waals surface area contributed by atoms with Crippen LogP contribution in [0.25, 0.3) is 6.08 Å². The molecule has 0 aromatic heterocycles. The lowest BCUT2D eigenvalue weighted by Crippen LogP contribution is -2.15. The normalized spacial score (nSPS) is 11.1. The van der Waals surface area contributed by atoms with E-state index in [2.05, 4.69) is 4.74 Å². The van der Waals surface area contributed by atoms with Crippen molar-refractivity contribution in [2.45, 2.75) is 0 Å². The van der Waals surface area contributed by atoms with E-state index in [0.29, 0.717) is 10.6 Å². The molecule has 0 fully saturated rings. The molecule has 0 atom stereocenters. The van der Waals surface area contributed by atoms with Gasteiger partial charge in [0.15, 0.2) is 5.78 Å². The molecule has 5 heteroatoms. The van der Waals surface area contributed by atoms with Crippen LogP contribution in [0.2, 0.25) is 5.02 Å². The van der Waals surface area contributed by atoms with Crippen LogP contribution < -0.4 is 0 Å². The van der Waals surface area contributed by atoms with Gasteiger partial charge in [0.25, 0.3) is 0 Å². The number of carbonyl (C=O) groups is 2. The molecule has 90 valence electrons. The molecule has 0 unspecified atom stereocenters. The topological polar surface area (TPSA) is 43.4 Å². The number of carbonyl (C=O) groups excluding carboxylic acids is 2. The maximum atomic E-state index is 11.5. The number of ether oxygens (including phenoxy) is 1. The van der Waals surface area contributed by atoms with Gasteiger partial charge in [-0.15, -0.1) is 11.6 Å². The van der Waals surface area contributed by atoms with Gasteiger partial charge in [0.05, 0.1) is 13.0 Å². The van der Waals surface area contributed by atoms with Gasteiger partial charge in [-0.05, 0) is 23.8 Å². The summed E-state index contributed by atoms with van der Waals surface area (Å²) in [5.74, 6) is -1.45. The lowest BCUT2D eigenvalue weighted by atomic mass is 10.1. The lowest BCUT2D eigenvalue weighted by Gasteiger charge is -2.02. The Morgan fingerprint density at radius 3 is 2.35 bits per heavy atom. The van der Waals surface area contributed by atoms with Crippen LogP contribution in [0.3, 0.4) is 0 Å². The van der Waals surface area contributed by atoms with Gasteiger partial charge < -0.3 is 4.74 Å². The van der Waals surface area contributed by atoms with E-state index in [1.54, 1.807) is 24.3 Å². The molecule has 0 amide bonds. The number of methoxy groups -OCH3 is 1. The molecule has 0 heterocycles. The molecule has 17 heavy (non-hydrogen) atoms. The Hall–Kier alpha value is -1.32. The number of hydrogen-bond acceptors (Lipinski definition) is 3. The van der Waals surface area contributed by atoms with Crippen LogP contribution in [0.5, 0.6) is 0 Å². The van der Waals surface area contributed by atoms with E-state index >= 15 is 0 Å². The van der Waals surface area contributed by atoms with E-state index in [1.807, 2.05) is 0 Å². The van der Waals surface area contributed by atoms with Crippen molar-refractivity contribution in [3.63, 3.8) is 0 Å². The first kappa shape index (κ1) is 13.7. The Labute approximate surface area is 109 Å². The first-order chi connectivity index (χ1) is 8.08. The summed E-state index contributed by atoms with van der Waals surface area (Å²) in [6, 6.07) is 6.69. The van der Waals surface area contributed by atoms with E-state index in [-0.39, 0.29) is 11.5 Å². The van der Waals surface area contributed by atoms with E-state index in [4.69, 9.17) is 23.2 Å². The van der Waals surface area contributed by atoms with Gasteiger partial charge in [-0.25, -0.2) is 4.79 Å². The number of alkyl halides is 1. The zero-order valence-electron chi connectivity index (χ0n) is 9.07. The smallest absolute Gasteiger partial charge is 0.341 e. The summed E-state index contributed by atoms with van der Waals surface area (Å²) in [6.07, 6.45) is 1.42. The van der Waals surface area contributed by atoms with Crippen LogP contribution in [-0.4, -0.2) is 24.7 Å². The van der Waals surface area contributed by atoms with Gasteiger partial charge in [0, 0.05) is 5.02 Å². The summed E-state index contributed by atoms with van der Waals surface area (Å²) in [4.78, 5) is 22.8. The van der Waals surface area contributed by atoms with Crippen molar-refractivity contribution in [2.75, 3.05) is 13.0 Å². The van der Waals surface area contributed by atoms with Crippen LogP contribution in [-0.2, 0) is 14.3 Å². The monoisotopic (exact) mass is 272 g/mol. The molecular weight excluding hydrogens is 263 g/mol. The SMILES string of the molecule is COC(=O)C(=Cc1ccc(Cl)cc1)C(=O)CCl. The first-order valence-electron chi connectivity index (χ1n) is 4.73. The highest BCUT2D eigenvalue weighted by Crippen LogP contribution is 2.14. The molecule has 0 radical (unpaired) electrons. The van der Waals surface area contributed by atoms with Crippen LogP contribution in [0.4, 0.5) is 0 Å². The van der Waals surface area contributed by atoms with E-state index in [9.17, 15) is 9.59 Å². The van der Waals surface area contributed by atoms with Gasteiger partial charge in [-0.2, -0.15) is 0 Å². The maximum absolute atomic E-state index is 11.5. The number of halogens is 2.